The number of hydrogen-bond donors (Lipinski definition) is 3. The molecule has 0 saturated heterocycles. The lowest BCUT2D eigenvalue weighted by Gasteiger charge is -2.19. The van der Waals surface area contributed by atoms with Gasteiger partial charge < -0.3 is 20.9 Å². The molecular formula is C28H24FN9O. The minimum absolute atomic E-state index is 0.206. The van der Waals surface area contributed by atoms with Crippen molar-refractivity contribution < 1.29 is 9.18 Å². The maximum absolute atomic E-state index is 15.1. The average Bonchev–Trinajstić information content (AvgIpc) is 3.49. The fourth-order valence-corrected chi connectivity index (χ4v) is 4.51. The van der Waals surface area contributed by atoms with Crippen molar-refractivity contribution in [3.63, 3.8) is 0 Å². The van der Waals surface area contributed by atoms with Crippen molar-refractivity contribution in [2.75, 3.05) is 17.3 Å². The number of imidazole rings is 1. The van der Waals surface area contributed by atoms with Gasteiger partial charge in [-0.3, -0.25) is 9.48 Å². The molecule has 0 unspecified atom stereocenters. The number of aryl methyl sites for hydroxylation is 2. The molecule has 3 aromatic carbocycles. The zero-order valence-corrected chi connectivity index (χ0v) is 21.4. The minimum atomic E-state index is -0.579. The van der Waals surface area contributed by atoms with Crippen LogP contribution >= 0.6 is 0 Å². The molecule has 6 rings (SSSR count). The SMILES string of the molecule is Cc1c2ccc(N(C)c3ccnc(Nc4ccc(-c5nc6c(C(N)=O)cccc6[nH]5)cc4F)n3)cc2nn1C. The molecule has 0 aliphatic heterocycles. The molecule has 0 bridgehead atoms. The number of benzene rings is 3. The predicted molar refractivity (Wildman–Crippen MR) is 149 cm³/mol. The number of nitrogens with one attached hydrogen (secondary N) is 2. The van der Waals surface area contributed by atoms with Crippen LogP contribution in [0.3, 0.4) is 0 Å². The fraction of sp³-hybridized carbons (Fsp3) is 0.107. The van der Waals surface area contributed by atoms with E-state index < -0.39 is 11.7 Å². The van der Waals surface area contributed by atoms with Crippen LogP contribution in [-0.2, 0) is 7.05 Å². The molecule has 0 aliphatic rings. The first-order valence-electron chi connectivity index (χ1n) is 12.1. The minimum Gasteiger partial charge on any atom is -0.366 e. The van der Waals surface area contributed by atoms with E-state index in [0.717, 1.165) is 22.3 Å². The number of carbonyl (C=O) groups is 1. The molecule has 1 amide bonds. The Hall–Kier alpha value is -5.32. The number of aromatic amines is 1. The van der Waals surface area contributed by atoms with Gasteiger partial charge in [0.1, 0.15) is 23.0 Å². The van der Waals surface area contributed by atoms with Crippen molar-refractivity contribution in [2.24, 2.45) is 12.8 Å². The number of amides is 1. The number of nitrogens with zero attached hydrogens (tertiary/aromatic N) is 6. The molecule has 6 aromatic rings. The summed E-state index contributed by atoms with van der Waals surface area (Å²) in [5, 5.41) is 8.61. The summed E-state index contributed by atoms with van der Waals surface area (Å²) in [7, 11) is 3.82. The molecule has 4 N–H and O–H groups in total. The van der Waals surface area contributed by atoms with Gasteiger partial charge in [-0.1, -0.05) is 6.07 Å². The number of hydrogen-bond acceptors (Lipinski definition) is 7. The molecule has 3 heterocycles. The molecule has 0 spiro atoms. The summed E-state index contributed by atoms with van der Waals surface area (Å²) in [4.78, 5) is 30.0. The Labute approximate surface area is 222 Å². The Morgan fingerprint density at radius 3 is 2.74 bits per heavy atom. The normalized spacial score (nSPS) is 11.3. The Morgan fingerprint density at radius 2 is 1.95 bits per heavy atom. The monoisotopic (exact) mass is 521 g/mol. The lowest BCUT2D eigenvalue weighted by atomic mass is 10.2. The van der Waals surface area contributed by atoms with Crippen LogP contribution in [0.1, 0.15) is 16.1 Å². The van der Waals surface area contributed by atoms with Gasteiger partial charge in [-0.15, -0.1) is 0 Å². The van der Waals surface area contributed by atoms with Crippen molar-refractivity contribution in [1.82, 2.24) is 29.7 Å². The van der Waals surface area contributed by atoms with E-state index in [4.69, 9.17) is 5.73 Å². The number of anilines is 4. The molecule has 11 heteroatoms. The van der Waals surface area contributed by atoms with Crippen LogP contribution in [0.4, 0.5) is 27.5 Å². The second kappa shape index (κ2) is 9.21. The number of carbonyl (C=O) groups excluding carboxylic acids is 1. The summed E-state index contributed by atoms with van der Waals surface area (Å²) < 4.78 is 17.0. The number of para-hydroxylation sites is 1. The maximum Gasteiger partial charge on any atom is 0.250 e. The van der Waals surface area contributed by atoms with E-state index in [1.807, 2.05) is 48.8 Å². The Morgan fingerprint density at radius 1 is 1.10 bits per heavy atom. The van der Waals surface area contributed by atoms with Crippen LogP contribution in [0.2, 0.25) is 0 Å². The van der Waals surface area contributed by atoms with Crippen LogP contribution in [0.25, 0.3) is 33.3 Å². The van der Waals surface area contributed by atoms with Crippen LogP contribution in [0, 0.1) is 12.7 Å². The van der Waals surface area contributed by atoms with Gasteiger partial charge in [0.25, 0.3) is 5.91 Å². The highest BCUT2D eigenvalue weighted by Gasteiger charge is 2.15. The molecule has 0 fully saturated rings. The molecule has 0 aliphatic carbocycles. The smallest absolute Gasteiger partial charge is 0.250 e. The third kappa shape index (κ3) is 4.29. The number of fused-ring (bicyclic) bond motifs is 2. The molecule has 0 atom stereocenters. The largest absolute Gasteiger partial charge is 0.366 e. The van der Waals surface area contributed by atoms with Gasteiger partial charge >= 0.3 is 0 Å². The molecule has 39 heavy (non-hydrogen) atoms. The summed E-state index contributed by atoms with van der Waals surface area (Å²) in [5.74, 6) is 0.204. The Balaban J connectivity index is 1.25. The summed E-state index contributed by atoms with van der Waals surface area (Å²) in [6.45, 7) is 2.03. The van der Waals surface area contributed by atoms with E-state index in [-0.39, 0.29) is 11.6 Å². The average molecular weight is 522 g/mol. The first-order chi connectivity index (χ1) is 18.8. The summed E-state index contributed by atoms with van der Waals surface area (Å²) in [6.07, 6.45) is 1.61. The highest BCUT2D eigenvalue weighted by atomic mass is 19.1. The molecular weight excluding hydrogens is 497 g/mol. The lowest BCUT2D eigenvalue weighted by molar-refractivity contribution is 0.100. The molecule has 10 nitrogen and oxygen atoms in total. The third-order valence-corrected chi connectivity index (χ3v) is 6.75. The van der Waals surface area contributed by atoms with Gasteiger partial charge in [0.05, 0.1) is 22.3 Å². The van der Waals surface area contributed by atoms with Crippen LogP contribution in [-0.4, -0.2) is 42.7 Å². The predicted octanol–water partition coefficient (Wildman–Crippen LogP) is 4.96. The first kappa shape index (κ1) is 24.0. The van der Waals surface area contributed by atoms with Crippen molar-refractivity contribution in [3.8, 4) is 11.4 Å². The number of aromatic nitrogens is 6. The summed E-state index contributed by atoms with van der Waals surface area (Å²) in [5.41, 5.74) is 10.4. The Bertz CT molecular complexity index is 1890. The van der Waals surface area contributed by atoms with E-state index in [2.05, 4.69) is 30.4 Å². The highest BCUT2D eigenvalue weighted by molar-refractivity contribution is 6.04. The number of halogens is 1. The van der Waals surface area contributed by atoms with Crippen molar-refractivity contribution in [3.05, 3.63) is 83.9 Å². The number of H-pyrrole nitrogens is 1. The number of primary amides is 1. The summed E-state index contributed by atoms with van der Waals surface area (Å²) in [6, 6.07) is 17.6. The lowest BCUT2D eigenvalue weighted by Crippen LogP contribution is -2.12. The van der Waals surface area contributed by atoms with Crippen LogP contribution in [0.5, 0.6) is 0 Å². The first-order valence-corrected chi connectivity index (χ1v) is 12.1. The number of rotatable bonds is 6. The van der Waals surface area contributed by atoms with Crippen molar-refractivity contribution in [2.45, 2.75) is 6.92 Å². The molecule has 0 saturated carbocycles. The highest BCUT2D eigenvalue weighted by Crippen LogP contribution is 2.29. The fourth-order valence-electron chi connectivity index (χ4n) is 4.51. The molecule has 194 valence electrons. The van der Waals surface area contributed by atoms with E-state index in [9.17, 15) is 4.79 Å². The second-order valence-electron chi connectivity index (χ2n) is 9.18. The van der Waals surface area contributed by atoms with E-state index in [1.54, 1.807) is 42.6 Å². The van der Waals surface area contributed by atoms with Gasteiger partial charge in [0.15, 0.2) is 0 Å². The third-order valence-electron chi connectivity index (χ3n) is 6.75. The van der Waals surface area contributed by atoms with Gasteiger partial charge in [0, 0.05) is 42.6 Å². The van der Waals surface area contributed by atoms with Crippen molar-refractivity contribution >= 4 is 51.0 Å². The standard InChI is InChI=1S/C28H24FN9O/c1-15-18-9-8-17(14-23(18)36-38(15)3)37(2)24-11-12-31-28(34-24)33-21-10-7-16(13-20(21)29)27-32-22-6-4-5-19(26(30)39)25(22)35-27/h4-14H,1-3H3,(H2,30,39)(H,32,35)(H,31,33,34). The quantitative estimate of drug-likeness (QED) is 0.282. The maximum atomic E-state index is 15.1. The zero-order valence-electron chi connectivity index (χ0n) is 21.4. The van der Waals surface area contributed by atoms with Gasteiger partial charge in [-0.2, -0.15) is 10.1 Å². The van der Waals surface area contributed by atoms with E-state index >= 15 is 4.39 Å². The summed E-state index contributed by atoms with van der Waals surface area (Å²) >= 11 is 0. The molecule has 0 radical (unpaired) electrons. The van der Waals surface area contributed by atoms with Crippen molar-refractivity contribution in [1.29, 1.82) is 0 Å². The topological polar surface area (TPSA) is 131 Å². The van der Waals surface area contributed by atoms with Crippen LogP contribution in [0.15, 0.2) is 66.9 Å². The zero-order chi connectivity index (χ0) is 27.3. The van der Waals surface area contributed by atoms with E-state index in [1.165, 1.54) is 6.07 Å². The molecule has 3 aromatic heterocycles. The van der Waals surface area contributed by atoms with Gasteiger partial charge in [0.2, 0.25) is 5.95 Å². The van der Waals surface area contributed by atoms with Crippen LogP contribution < -0.4 is 16.0 Å². The second-order valence-corrected chi connectivity index (χ2v) is 9.18. The van der Waals surface area contributed by atoms with Gasteiger partial charge in [-0.05, 0) is 61.5 Å². The number of nitrogens with two attached hydrogens (primary N) is 1. The van der Waals surface area contributed by atoms with E-state index in [0.29, 0.717) is 33.8 Å². The Kier molecular flexibility index (Phi) is 5.68. The van der Waals surface area contributed by atoms with Gasteiger partial charge in [-0.25, -0.2) is 14.4 Å².